The Balaban J connectivity index is 1.36. The maximum absolute atomic E-state index is 12.6. The molecule has 0 unspecified atom stereocenters. The number of carbonyl (C=O) groups is 3. The molecule has 170 valence electrons. The molecule has 3 aromatic carbocycles. The minimum absolute atomic E-state index is 0.272. The van der Waals surface area contributed by atoms with Crippen LogP contribution in [0, 0.1) is 0 Å². The summed E-state index contributed by atoms with van der Waals surface area (Å²) < 4.78 is 6.34. The Hall–Kier alpha value is -3.72. The first-order chi connectivity index (χ1) is 16.4. The summed E-state index contributed by atoms with van der Waals surface area (Å²) >= 11 is 13.4. The molecule has 4 aromatic rings. The number of hydrazone groups is 1. The molecule has 0 aliphatic carbocycles. The summed E-state index contributed by atoms with van der Waals surface area (Å²) in [6, 6.07) is 20.2. The van der Waals surface area contributed by atoms with Gasteiger partial charge in [-0.15, -0.1) is 11.3 Å². The third kappa shape index (κ3) is 5.60. The molecule has 0 saturated carbocycles. The van der Waals surface area contributed by atoms with Gasteiger partial charge in [0.05, 0.1) is 11.2 Å². The van der Waals surface area contributed by atoms with Crippen molar-refractivity contribution in [3.8, 4) is 5.75 Å². The number of esters is 1. The molecule has 2 amide bonds. The number of rotatable bonds is 5. The Morgan fingerprint density at radius 1 is 0.912 bits per heavy atom. The van der Waals surface area contributed by atoms with Crippen molar-refractivity contribution in [2.24, 2.45) is 5.10 Å². The summed E-state index contributed by atoms with van der Waals surface area (Å²) in [4.78, 5) is 36.8. The summed E-state index contributed by atoms with van der Waals surface area (Å²) in [5, 5.41) is 7.85. The largest absolute Gasteiger partial charge is 0.422 e. The minimum atomic E-state index is -0.951. The number of fused-ring (bicyclic) bond motifs is 1. The van der Waals surface area contributed by atoms with Crippen LogP contribution in [0.5, 0.6) is 5.75 Å². The lowest BCUT2D eigenvalue weighted by Gasteiger charge is -2.05. The number of hydrogen-bond donors (Lipinski definition) is 2. The average molecular weight is 512 g/mol. The Kier molecular flexibility index (Phi) is 7.22. The average Bonchev–Trinajstić information content (AvgIpc) is 3.17. The number of nitrogens with one attached hydrogen (secondary N) is 2. The first-order valence-electron chi connectivity index (χ1n) is 9.80. The first kappa shape index (κ1) is 23.4. The molecule has 0 atom stereocenters. The maximum Gasteiger partial charge on any atom is 0.355 e. The Bertz CT molecular complexity index is 1420. The second-order valence-corrected chi connectivity index (χ2v) is 8.73. The van der Waals surface area contributed by atoms with Gasteiger partial charge >= 0.3 is 17.8 Å². The third-order valence-corrected chi connectivity index (χ3v) is 6.38. The van der Waals surface area contributed by atoms with Crippen LogP contribution in [0.3, 0.4) is 0 Å². The lowest BCUT2D eigenvalue weighted by atomic mass is 10.2. The molecular formula is C24H15Cl2N3O4S. The van der Waals surface area contributed by atoms with E-state index in [9.17, 15) is 14.4 Å². The van der Waals surface area contributed by atoms with Crippen molar-refractivity contribution in [1.82, 2.24) is 5.43 Å². The van der Waals surface area contributed by atoms with Crippen molar-refractivity contribution in [2.75, 3.05) is 5.32 Å². The Labute approximate surface area is 207 Å². The molecule has 0 aliphatic heterocycles. The highest BCUT2D eigenvalue weighted by Gasteiger charge is 2.19. The number of hydrogen-bond acceptors (Lipinski definition) is 6. The summed E-state index contributed by atoms with van der Waals surface area (Å²) in [6.45, 7) is 0. The maximum atomic E-state index is 12.6. The van der Waals surface area contributed by atoms with E-state index in [0.717, 1.165) is 10.1 Å². The van der Waals surface area contributed by atoms with Gasteiger partial charge in [-0.3, -0.25) is 9.59 Å². The summed E-state index contributed by atoms with van der Waals surface area (Å²) in [7, 11) is 0. The van der Waals surface area contributed by atoms with E-state index in [-0.39, 0.29) is 5.75 Å². The van der Waals surface area contributed by atoms with Gasteiger partial charge in [-0.05, 0) is 48.0 Å². The lowest BCUT2D eigenvalue weighted by Crippen LogP contribution is -2.32. The number of halogens is 2. The molecule has 10 heteroatoms. The zero-order valence-corrected chi connectivity index (χ0v) is 19.6. The standard InChI is InChI=1S/C24H15Cl2N3O4S/c25-15-8-10-16(11-9-15)28-22(30)23(31)29-27-13-14-4-3-5-17(12-14)33-24(32)21-20(26)18-6-1-2-7-19(18)34-21/h1-13H,(H,28,30)(H,29,31)/b27-13+. The van der Waals surface area contributed by atoms with E-state index in [1.54, 1.807) is 48.5 Å². The zero-order chi connectivity index (χ0) is 24.1. The highest BCUT2D eigenvalue weighted by atomic mass is 35.5. The normalized spacial score (nSPS) is 10.9. The molecule has 4 rings (SSSR count). The summed E-state index contributed by atoms with van der Waals surface area (Å²) in [5.41, 5.74) is 3.09. The monoisotopic (exact) mass is 511 g/mol. The predicted molar refractivity (Wildman–Crippen MR) is 134 cm³/mol. The SMILES string of the molecule is O=C(N/N=C/c1cccc(OC(=O)c2sc3ccccc3c2Cl)c1)C(=O)Nc1ccc(Cl)cc1. The molecule has 34 heavy (non-hydrogen) atoms. The molecule has 0 saturated heterocycles. The Morgan fingerprint density at radius 3 is 2.44 bits per heavy atom. The first-order valence-corrected chi connectivity index (χ1v) is 11.4. The van der Waals surface area contributed by atoms with Crippen LogP contribution >= 0.6 is 34.5 Å². The molecule has 0 aliphatic rings. The van der Waals surface area contributed by atoms with E-state index in [1.165, 1.54) is 17.6 Å². The molecule has 2 N–H and O–H groups in total. The van der Waals surface area contributed by atoms with Gasteiger partial charge in [-0.1, -0.05) is 53.5 Å². The van der Waals surface area contributed by atoms with Gasteiger partial charge in [0.25, 0.3) is 0 Å². The summed E-state index contributed by atoms with van der Waals surface area (Å²) in [5.74, 6) is -2.14. The minimum Gasteiger partial charge on any atom is -0.422 e. The fourth-order valence-electron chi connectivity index (χ4n) is 2.89. The number of thiophene rings is 1. The van der Waals surface area contributed by atoms with Crippen LogP contribution in [0.25, 0.3) is 10.1 Å². The number of carbonyl (C=O) groups excluding carboxylic acids is 3. The van der Waals surface area contributed by atoms with Crippen LogP contribution < -0.4 is 15.5 Å². The van der Waals surface area contributed by atoms with Crippen LogP contribution in [0.4, 0.5) is 5.69 Å². The fraction of sp³-hybridized carbons (Fsp3) is 0. The quantitative estimate of drug-likeness (QED) is 0.121. The van der Waals surface area contributed by atoms with Crippen molar-refractivity contribution in [2.45, 2.75) is 0 Å². The predicted octanol–water partition coefficient (Wildman–Crippen LogP) is 5.52. The van der Waals surface area contributed by atoms with Crippen LogP contribution in [0.1, 0.15) is 15.2 Å². The van der Waals surface area contributed by atoms with Crippen LogP contribution in [0.15, 0.2) is 77.9 Å². The molecule has 1 aromatic heterocycles. The topological polar surface area (TPSA) is 96.9 Å². The lowest BCUT2D eigenvalue weighted by molar-refractivity contribution is -0.136. The second-order valence-electron chi connectivity index (χ2n) is 6.86. The number of nitrogens with zero attached hydrogens (tertiary/aromatic N) is 1. The molecular weight excluding hydrogens is 497 g/mol. The van der Waals surface area contributed by atoms with Gasteiger partial charge in [0.15, 0.2) is 0 Å². The van der Waals surface area contributed by atoms with Crippen molar-refractivity contribution >= 4 is 74.3 Å². The molecule has 7 nitrogen and oxygen atoms in total. The van der Waals surface area contributed by atoms with Crippen molar-refractivity contribution in [3.63, 3.8) is 0 Å². The fourth-order valence-corrected chi connectivity index (χ4v) is 4.41. The highest BCUT2D eigenvalue weighted by molar-refractivity contribution is 7.21. The van der Waals surface area contributed by atoms with E-state index in [0.29, 0.717) is 26.2 Å². The second kappa shape index (κ2) is 10.5. The van der Waals surface area contributed by atoms with E-state index in [4.69, 9.17) is 27.9 Å². The van der Waals surface area contributed by atoms with Gasteiger partial charge in [0, 0.05) is 20.8 Å². The molecule has 0 bridgehead atoms. The summed E-state index contributed by atoms with van der Waals surface area (Å²) in [6.07, 6.45) is 1.32. The van der Waals surface area contributed by atoms with E-state index in [1.807, 2.05) is 24.3 Å². The molecule has 0 fully saturated rings. The third-order valence-electron chi connectivity index (χ3n) is 4.48. The van der Waals surface area contributed by atoms with Crippen molar-refractivity contribution < 1.29 is 19.1 Å². The number of amides is 2. The smallest absolute Gasteiger partial charge is 0.355 e. The number of ether oxygens (including phenoxy) is 1. The zero-order valence-electron chi connectivity index (χ0n) is 17.2. The van der Waals surface area contributed by atoms with Gasteiger partial charge in [-0.25, -0.2) is 10.2 Å². The highest BCUT2D eigenvalue weighted by Crippen LogP contribution is 2.35. The molecule has 0 spiro atoms. The van der Waals surface area contributed by atoms with Crippen molar-refractivity contribution in [1.29, 1.82) is 0 Å². The molecule has 1 heterocycles. The van der Waals surface area contributed by atoms with Crippen molar-refractivity contribution in [3.05, 3.63) is 93.3 Å². The van der Waals surface area contributed by atoms with E-state index < -0.39 is 17.8 Å². The number of benzene rings is 3. The Morgan fingerprint density at radius 2 is 1.68 bits per heavy atom. The number of anilines is 1. The van der Waals surface area contributed by atoms with Crippen LogP contribution in [-0.4, -0.2) is 24.0 Å². The van der Waals surface area contributed by atoms with Crippen LogP contribution in [0.2, 0.25) is 10.0 Å². The van der Waals surface area contributed by atoms with E-state index in [2.05, 4.69) is 15.8 Å². The van der Waals surface area contributed by atoms with Gasteiger partial charge in [0.2, 0.25) is 0 Å². The molecule has 0 radical (unpaired) electrons. The van der Waals surface area contributed by atoms with E-state index >= 15 is 0 Å². The van der Waals surface area contributed by atoms with Gasteiger partial charge in [-0.2, -0.15) is 5.10 Å². The van der Waals surface area contributed by atoms with Gasteiger partial charge in [0.1, 0.15) is 10.6 Å². The van der Waals surface area contributed by atoms with Gasteiger partial charge < -0.3 is 10.1 Å². The van der Waals surface area contributed by atoms with Crippen LogP contribution in [-0.2, 0) is 9.59 Å².